The van der Waals surface area contributed by atoms with Gasteiger partial charge in [0.05, 0.1) is 21.4 Å². The number of fused-ring (bicyclic) bond motifs is 1. The van der Waals surface area contributed by atoms with Crippen molar-refractivity contribution in [1.82, 2.24) is 10.3 Å². The predicted molar refractivity (Wildman–Crippen MR) is 133 cm³/mol. The van der Waals surface area contributed by atoms with E-state index in [0.717, 1.165) is 26.8 Å². The van der Waals surface area contributed by atoms with Gasteiger partial charge < -0.3 is 19.4 Å². The van der Waals surface area contributed by atoms with E-state index in [9.17, 15) is 4.79 Å². The molecule has 3 aromatic rings. The van der Waals surface area contributed by atoms with Crippen molar-refractivity contribution in [2.75, 3.05) is 6.54 Å². The van der Waals surface area contributed by atoms with Crippen LogP contribution in [-0.4, -0.2) is 35.9 Å². The molecule has 2 heterocycles. The monoisotopic (exact) mass is 484 g/mol. The first-order valence-corrected chi connectivity index (χ1v) is 11.9. The van der Waals surface area contributed by atoms with Crippen molar-refractivity contribution < 1.29 is 18.8 Å². The van der Waals surface area contributed by atoms with E-state index in [1.807, 2.05) is 82.3 Å². The van der Waals surface area contributed by atoms with Crippen LogP contribution in [-0.2, 0) is 20.7 Å². The van der Waals surface area contributed by atoms with Crippen molar-refractivity contribution in [3.05, 3.63) is 69.6 Å². The average Bonchev–Trinajstić information content (AvgIpc) is 3.24. The highest BCUT2D eigenvalue weighted by Crippen LogP contribution is 2.39. The maximum absolute atomic E-state index is 12.4. The molecule has 0 unspecified atom stereocenters. The second-order valence-electron chi connectivity index (χ2n) is 8.92. The van der Waals surface area contributed by atoms with E-state index in [2.05, 4.69) is 10.3 Å². The van der Waals surface area contributed by atoms with Gasteiger partial charge in [0, 0.05) is 6.54 Å². The minimum atomic E-state index is -0.606. The standard InChI is InChI=1S/C24H26BClN2O4S/c1-23(2)24(3,4)32-25(31-23)18(12-17-10-11-19-20(13-17)33-21(26)28-19)14-27-22(29)30-15-16-8-6-5-7-9-16/h5-13H,14-15H2,1-4H3,(H,27,29). The minimum absolute atomic E-state index is 0.199. The van der Waals surface area contributed by atoms with Crippen LogP contribution in [0, 0.1) is 0 Å². The highest BCUT2D eigenvalue weighted by molar-refractivity contribution is 7.22. The molecule has 1 saturated heterocycles. The Morgan fingerprint density at radius 1 is 1.15 bits per heavy atom. The third-order valence-corrected chi connectivity index (χ3v) is 7.07. The largest absolute Gasteiger partial charge is 0.492 e. The first-order chi connectivity index (χ1) is 15.6. The van der Waals surface area contributed by atoms with E-state index in [-0.39, 0.29) is 13.2 Å². The number of aromatic nitrogens is 1. The van der Waals surface area contributed by atoms with E-state index >= 15 is 0 Å². The molecule has 6 nitrogen and oxygen atoms in total. The Kier molecular flexibility index (Phi) is 6.82. The maximum Gasteiger partial charge on any atom is 0.492 e. The van der Waals surface area contributed by atoms with E-state index in [1.54, 1.807) is 0 Å². The van der Waals surface area contributed by atoms with Crippen LogP contribution in [0.1, 0.15) is 38.8 Å². The van der Waals surface area contributed by atoms with Crippen molar-refractivity contribution in [3.8, 4) is 0 Å². The van der Waals surface area contributed by atoms with Crippen molar-refractivity contribution in [2.45, 2.75) is 45.5 Å². The number of rotatable bonds is 6. The van der Waals surface area contributed by atoms with Crippen molar-refractivity contribution >= 4 is 52.4 Å². The molecule has 9 heteroatoms. The lowest BCUT2D eigenvalue weighted by Gasteiger charge is -2.32. The number of carbonyl (C=O) groups is 1. The lowest BCUT2D eigenvalue weighted by atomic mass is 9.77. The summed E-state index contributed by atoms with van der Waals surface area (Å²) in [6, 6.07) is 15.4. The average molecular weight is 485 g/mol. The predicted octanol–water partition coefficient (Wildman–Crippen LogP) is 5.89. The Hall–Kier alpha value is -2.39. The van der Waals surface area contributed by atoms with Crippen molar-refractivity contribution in [3.63, 3.8) is 0 Å². The summed E-state index contributed by atoms with van der Waals surface area (Å²) >= 11 is 7.48. The number of nitrogens with zero attached hydrogens (tertiary/aromatic N) is 1. The quantitative estimate of drug-likeness (QED) is 0.442. The molecular formula is C24H26BClN2O4S. The Labute approximate surface area is 203 Å². The summed E-state index contributed by atoms with van der Waals surface area (Å²) < 4.78 is 19.3. The van der Waals surface area contributed by atoms with Gasteiger partial charge in [0.1, 0.15) is 6.61 Å². The van der Waals surface area contributed by atoms with Gasteiger partial charge in [-0.3, -0.25) is 0 Å². The van der Waals surface area contributed by atoms with Gasteiger partial charge in [-0.1, -0.05) is 54.1 Å². The van der Waals surface area contributed by atoms with Crippen LogP contribution in [0.2, 0.25) is 4.47 Å². The smallest absolute Gasteiger partial charge is 0.445 e. The molecule has 0 aliphatic carbocycles. The van der Waals surface area contributed by atoms with Gasteiger partial charge in [0.25, 0.3) is 0 Å². The zero-order valence-electron chi connectivity index (χ0n) is 19.1. The molecule has 1 amide bonds. The highest BCUT2D eigenvalue weighted by atomic mass is 35.5. The van der Waals surface area contributed by atoms with Gasteiger partial charge in [-0.2, -0.15) is 0 Å². The molecule has 0 radical (unpaired) electrons. The second-order valence-corrected chi connectivity index (χ2v) is 10.5. The molecular weight excluding hydrogens is 459 g/mol. The number of carbonyl (C=O) groups excluding carboxylic acids is 1. The third kappa shape index (κ3) is 5.58. The van der Waals surface area contributed by atoms with E-state index < -0.39 is 24.4 Å². The van der Waals surface area contributed by atoms with Gasteiger partial charge in [-0.15, -0.1) is 11.3 Å². The summed E-state index contributed by atoms with van der Waals surface area (Å²) in [6.07, 6.45) is 1.46. The molecule has 0 bridgehead atoms. The number of hydrogen-bond acceptors (Lipinski definition) is 6. The fourth-order valence-corrected chi connectivity index (χ4v) is 4.44. The maximum atomic E-state index is 12.4. The molecule has 1 N–H and O–H groups in total. The van der Waals surface area contributed by atoms with Crippen LogP contribution < -0.4 is 5.32 Å². The summed E-state index contributed by atoms with van der Waals surface area (Å²) in [5.41, 5.74) is 2.49. The fraction of sp³-hybridized carbons (Fsp3) is 0.333. The minimum Gasteiger partial charge on any atom is -0.445 e. The van der Waals surface area contributed by atoms with Crippen molar-refractivity contribution in [1.29, 1.82) is 0 Å². The summed E-state index contributed by atoms with van der Waals surface area (Å²) in [7, 11) is -0.606. The number of nitrogens with one attached hydrogen (secondary N) is 1. The van der Waals surface area contributed by atoms with E-state index in [0.29, 0.717) is 4.47 Å². The second kappa shape index (κ2) is 9.47. The topological polar surface area (TPSA) is 69.7 Å². The van der Waals surface area contributed by atoms with Gasteiger partial charge >= 0.3 is 13.2 Å². The van der Waals surface area contributed by atoms with E-state index in [4.69, 9.17) is 25.6 Å². The number of benzene rings is 2. The van der Waals surface area contributed by atoms with Crippen LogP contribution in [0.15, 0.2) is 54.0 Å². The van der Waals surface area contributed by atoms with Crippen LogP contribution in [0.4, 0.5) is 4.79 Å². The van der Waals surface area contributed by atoms with Gasteiger partial charge in [-0.25, -0.2) is 9.78 Å². The SMILES string of the molecule is CC1(C)OB(C(=Cc2ccc3nc(Cl)sc3c2)CNC(=O)OCc2ccccc2)OC1(C)C. The molecule has 1 fully saturated rings. The number of hydrogen-bond donors (Lipinski definition) is 1. The summed E-state index contributed by atoms with van der Waals surface area (Å²) in [5.74, 6) is 0. The molecule has 1 aromatic heterocycles. The third-order valence-electron chi connectivity index (χ3n) is 5.94. The normalized spacial score (nSPS) is 17.4. The first-order valence-electron chi connectivity index (χ1n) is 10.7. The highest BCUT2D eigenvalue weighted by Gasteiger charge is 2.52. The molecule has 33 heavy (non-hydrogen) atoms. The lowest BCUT2D eigenvalue weighted by Crippen LogP contribution is -2.41. The number of thiazole rings is 1. The summed E-state index contributed by atoms with van der Waals surface area (Å²) in [6.45, 7) is 8.40. The van der Waals surface area contributed by atoms with Crippen LogP contribution in [0.25, 0.3) is 16.3 Å². The molecule has 1 aliphatic rings. The number of ether oxygens (including phenoxy) is 1. The lowest BCUT2D eigenvalue weighted by molar-refractivity contribution is 0.00578. The Morgan fingerprint density at radius 2 is 1.85 bits per heavy atom. The van der Waals surface area contributed by atoms with Gasteiger partial charge in [0.15, 0.2) is 4.47 Å². The number of halogens is 1. The molecule has 4 rings (SSSR count). The Balaban J connectivity index is 1.52. The number of alkyl carbamates (subject to hydrolysis) is 1. The molecule has 0 atom stereocenters. The molecule has 1 aliphatic heterocycles. The van der Waals surface area contributed by atoms with Crippen LogP contribution in [0.3, 0.4) is 0 Å². The molecule has 172 valence electrons. The first kappa shape index (κ1) is 23.8. The summed E-state index contributed by atoms with van der Waals surface area (Å²) in [4.78, 5) is 16.7. The van der Waals surface area contributed by atoms with Gasteiger partial charge in [-0.05, 0) is 56.4 Å². The molecule has 0 spiro atoms. The number of amides is 1. The molecule has 0 saturated carbocycles. The van der Waals surface area contributed by atoms with Crippen molar-refractivity contribution in [2.24, 2.45) is 0 Å². The summed E-state index contributed by atoms with van der Waals surface area (Å²) in [5, 5.41) is 2.83. The Morgan fingerprint density at radius 3 is 2.55 bits per heavy atom. The van der Waals surface area contributed by atoms with Crippen LogP contribution >= 0.6 is 22.9 Å². The zero-order chi connectivity index (χ0) is 23.6. The molecule has 2 aromatic carbocycles. The van der Waals surface area contributed by atoms with Gasteiger partial charge in [0.2, 0.25) is 0 Å². The van der Waals surface area contributed by atoms with Crippen LogP contribution in [0.5, 0.6) is 0 Å². The zero-order valence-corrected chi connectivity index (χ0v) is 20.6. The fourth-order valence-electron chi connectivity index (χ4n) is 3.36. The Bertz CT molecular complexity index is 1160. The van der Waals surface area contributed by atoms with E-state index in [1.165, 1.54) is 11.3 Å².